The average molecular weight is 171 g/mol. The van der Waals surface area contributed by atoms with Gasteiger partial charge in [-0.25, -0.2) is 0 Å². The predicted octanol–water partition coefficient (Wildman–Crippen LogP) is 1.95. The monoisotopic (exact) mass is 171 g/mol. The highest BCUT2D eigenvalue weighted by atomic mass is 16.5. The lowest BCUT2D eigenvalue weighted by Crippen LogP contribution is -2.35. The van der Waals surface area contributed by atoms with Gasteiger partial charge in [0.05, 0.1) is 5.60 Å². The zero-order valence-corrected chi connectivity index (χ0v) is 8.85. The number of nitrogens with two attached hydrogens (primary N) is 1. The van der Waals surface area contributed by atoms with Crippen LogP contribution in [0.4, 0.5) is 0 Å². The van der Waals surface area contributed by atoms with E-state index in [4.69, 9.17) is 10.5 Å². The van der Waals surface area contributed by atoms with Crippen LogP contribution >= 0.6 is 0 Å². The molecule has 0 heterocycles. The molecule has 0 aromatic heterocycles. The molecule has 0 aliphatic carbocycles. The van der Waals surface area contributed by atoms with E-state index >= 15 is 0 Å². The number of ether oxygens (including phenoxy) is 1. The summed E-state index contributed by atoms with van der Waals surface area (Å²) < 4.78 is 5.49. The van der Waals surface area contributed by atoms with Crippen LogP contribution in [0.1, 0.15) is 27.7 Å². The van der Waals surface area contributed by atoms with Gasteiger partial charge in [0.25, 0.3) is 0 Å². The maximum absolute atomic E-state index is 5.49. The van der Waals surface area contributed by atoms with Crippen molar-refractivity contribution in [3.63, 3.8) is 0 Å². The summed E-state index contributed by atoms with van der Waals surface area (Å²) in [4.78, 5) is 0. The van der Waals surface area contributed by atoms with E-state index in [0.717, 1.165) is 0 Å². The van der Waals surface area contributed by atoms with Gasteiger partial charge >= 0.3 is 0 Å². The van der Waals surface area contributed by atoms with Crippen LogP contribution in [-0.4, -0.2) is 19.3 Å². The minimum atomic E-state index is -0.167. The van der Waals surface area contributed by atoms with Crippen molar-refractivity contribution in [2.75, 3.05) is 13.7 Å². The molecule has 0 unspecified atom stereocenters. The van der Waals surface area contributed by atoms with Gasteiger partial charge in [0.2, 0.25) is 0 Å². The first-order chi connectivity index (χ1) is 5.49. The molecule has 0 rings (SSSR count). The number of rotatable bonds is 4. The fourth-order valence-electron chi connectivity index (χ4n) is 1.23. The van der Waals surface area contributed by atoms with Gasteiger partial charge in [0.15, 0.2) is 0 Å². The fourth-order valence-corrected chi connectivity index (χ4v) is 1.23. The highest BCUT2D eigenvalue weighted by molar-refractivity contribution is 5.14. The Morgan fingerprint density at radius 2 is 2.08 bits per heavy atom. The molecule has 2 N–H and O–H groups in total. The van der Waals surface area contributed by atoms with E-state index in [2.05, 4.69) is 27.7 Å². The van der Waals surface area contributed by atoms with Crippen molar-refractivity contribution >= 4 is 0 Å². The summed E-state index contributed by atoms with van der Waals surface area (Å²) in [5.41, 5.74) is 6.49. The van der Waals surface area contributed by atoms with E-state index in [1.165, 1.54) is 5.57 Å². The third-order valence-electron chi connectivity index (χ3n) is 2.73. The van der Waals surface area contributed by atoms with Crippen molar-refractivity contribution in [1.29, 1.82) is 0 Å². The molecular weight excluding hydrogens is 150 g/mol. The molecule has 1 atom stereocenters. The highest BCUT2D eigenvalue weighted by Crippen LogP contribution is 2.28. The molecule has 0 aromatic carbocycles. The van der Waals surface area contributed by atoms with Gasteiger partial charge in [0.1, 0.15) is 0 Å². The summed E-state index contributed by atoms with van der Waals surface area (Å²) in [6.45, 7) is 9.04. The maximum Gasteiger partial charge on any atom is 0.0880 e. The first-order valence-electron chi connectivity index (χ1n) is 4.41. The number of methoxy groups -OCH3 is 1. The van der Waals surface area contributed by atoms with Crippen molar-refractivity contribution in [1.82, 2.24) is 0 Å². The highest BCUT2D eigenvalue weighted by Gasteiger charge is 2.29. The second kappa shape index (κ2) is 4.63. The van der Waals surface area contributed by atoms with Crippen LogP contribution in [0.2, 0.25) is 0 Å². The van der Waals surface area contributed by atoms with Crippen LogP contribution < -0.4 is 5.73 Å². The maximum atomic E-state index is 5.49. The van der Waals surface area contributed by atoms with Gasteiger partial charge in [-0.05, 0) is 25.3 Å². The topological polar surface area (TPSA) is 35.2 Å². The Labute approximate surface area is 75.8 Å². The molecule has 0 radical (unpaired) electrons. The second-order valence-electron chi connectivity index (χ2n) is 3.59. The predicted molar refractivity (Wildman–Crippen MR) is 53.1 cm³/mol. The Morgan fingerprint density at radius 3 is 2.33 bits per heavy atom. The average Bonchev–Trinajstić information content (AvgIpc) is 2.03. The van der Waals surface area contributed by atoms with Gasteiger partial charge in [-0.1, -0.05) is 19.9 Å². The molecule has 2 nitrogen and oxygen atoms in total. The molecule has 0 amide bonds. The summed E-state index contributed by atoms with van der Waals surface area (Å²) in [7, 11) is 1.74. The summed E-state index contributed by atoms with van der Waals surface area (Å²) in [5, 5.41) is 0. The summed E-state index contributed by atoms with van der Waals surface area (Å²) >= 11 is 0. The van der Waals surface area contributed by atoms with Gasteiger partial charge in [-0.2, -0.15) is 0 Å². The lowest BCUT2D eigenvalue weighted by atomic mass is 9.85. The molecule has 0 fully saturated rings. The smallest absolute Gasteiger partial charge is 0.0880 e. The quantitative estimate of drug-likeness (QED) is 0.656. The van der Waals surface area contributed by atoms with E-state index in [0.29, 0.717) is 12.5 Å². The molecule has 0 spiro atoms. The molecule has 0 aromatic rings. The van der Waals surface area contributed by atoms with Gasteiger partial charge < -0.3 is 10.5 Å². The van der Waals surface area contributed by atoms with Crippen molar-refractivity contribution in [3.8, 4) is 0 Å². The lowest BCUT2D eigenvalue weighted by Gasteiger charge is -2.33. The van der Waals surface area contributed by atoms with Crippen molar-refractivity contribution < 1.29 is 4.74 Å². The standard InChI is InChI=1S/C10H21NO/c1-8(2)10(4,12-5)9(3)6-7-11/h6,8H,7,11H2,1-5H3/b9-6+/t10-/m1/s1. The minimum absolute atomic E-state index is 0.167. The third-order valence-corrected chi connectivity index (χ3v) is 2.73. The molecule has 0 saturated heterocycles. The molecule has 0 bridgehead atoms. The van der Waals surface area contributed by atoms with E-state index in [1.54, 1.807) is 7.11 Å². The van der Waals surface area contributed by atoms with Gasteiger partial charge in [-0.15, -0.1) is 0 Å². The van der Waals surface area contributed by atoms with Crippen LogP contribution in [0, 0.1) is 5.92 Å². The van der Waals surface area contributed by atoms with Gasteiger partial charge in [0, 0.05) is 13.7 Å². The van der Waals surface area contributed by atoms with Crippen molar-refractivity contribution in [2.45, 2.75) is 33.3 Å². The Bertz CT molecular complexity index is 163. The Hall–Kier alpha value is -0.340. The first-order valence-corrected chi connectivity index (χ1v) is 4.41. The van der Waals surface area contributed by atoms with Crippen LogP contribution in [0.25, 0.3) is 0 Å². The molecule has 0 aliphatic heterocycles. The van der Waals surface area contributed by atoms with E-state index in [1.807, 2.05) is 6.08 Å². The summed E-state index contributed by atoms with van der Waals surface area (Å²) in [6.07, 6.45) is 2.02. The van der Waals surface area contributed by atoms with Crippen molar-refractivity contribution in [2.24, 2.45) is 11.7 Å². The molecule has 2 heteroatoms. The Kier molecular flexibility index (Phi) is 4.50. The normalized spacial score (nSPS) is 18.1. The minimum Gasteiger partial charge on any atom is -0.374 e. The fraction of sp³-hybridized carbons (Fsp3) is 0.800. The Morgan fingerprint density at radius 1 is 1.58 bits per heavy atom. The Balaban J connectivity index is 4.63. The number of hydrogen-bond donors (Lipinski definition) is 1. The molecular formula is C10H21NO. The summed E-state index contributed by atoms with van der Waals surface area (Å²) in [5.74, 6) is 0.463. The SMILES string of the molecule is CO[C@@](C)(/C(C)=C/CN)C(C)C. The van der Waals surface area contributed by atoms with Gasteiger partial charge in [-0.3, -0.25) is 0 Å². The molecule has 72 valence electrons. The largest absolute Gasteiger partial charge is 0.374 e. The van der Waals surface area contributed by atoms with E-state index in [-0.39, 0.29) is 5.60 Å². The van der Waals surface area contributed by atoms with Crippen LogP contribution in [0.3, 0.4) is 0 Å². The third kappa shape index (κ3) is 2.32. The lowest BCUT2D eigenvalue weighted by molar-refractivity contribution is -0.000237. The number of hydrogen-bond acceptors (Lipinski definition) is 2. The van der Waals surface area contributed by atoms with E-state index in [9.17, 15) is 0 Å². The zero-order chi connectivity index (χ0) is 9.78. The first kappa shape index (κ1) is 11.7. The molecule has 0 saturated carbocycles. The molecule has 12 heavy (non-hydrogen) atoms. The molecule has 0 aliphatic rings. The van der Waals surface area contributed by atoms with Crippen LogP contribution in [-0.2, 0) is 4.74 Å². The second-order valence-corrected chi connectivity index (χ2v) is 3.59. The van der Waals surface area contributed by atoms with Crippen LogP contribution in [0.5, 0.6) is 0 Å². The summed E-state index contributed by atoms with van der Waals surface area (Å²) in [6, 6.07) is 0. The van der Waals surface area contributed by atoms with E-state index < -0.39 is 0 Å². The van der Waals surface area contributed by atoms with Crippen LogP contribution in [0.15, 0.2) is 11.6 Å². The van der Waals surface area contributed by atoms with Crippen molar-refractivity contribution in [3.05, 3.63) is 11.6 Å². The zero-order valence-electron chi connectivity index (χ0n) is 8.85.